The molecule has 0 aromatic heterocycles. The summed E-state index contributed by atoms with van der Waals surface area (Å²) in [6, 6.07) is 0. The second-order valence-electron chi connectivity index (χ2n) is 7.89. The average Bonchev–Trinajstić information content (AvgIpc) is 2.43. The lowest BCUT2D eigenvalue weighted by Crippen LogP contribution is -2.30. The van der Waals surface area contributed by atoms with Crippen molar-refractivity contribution >= 4 is 0 Å². The minimum Gasteiger partial charge on any atom is -0.0651 e. The summed E-state index contributed by atoms with van der Waals surface area (Å²) in [7, 11) is 0. The highest BCUT2D eigenvalue weighted by Gasteiger charge is 2.33. The Kier molecular flexibility index (Phi) is 5.78. The van der Waals surface area contributed by atoms with E-state index in [1.165, 1.54) is 51.4 Å². The van der Waals surface area contributed by atoms with Gasteiger partial charge in [-0.25, -0.2) is 0 Å². The SMILES string of the molecule is CCC1CCC(C)C(CC2CC(CC)CCC2C)C1. The summed E-state index contributed by atoms with van der Waals surface area (Å²) in [5.41, 5.74) is 0. The molecule has 2 aliphatic rings. The van der Waals surface area contributed by atoms with E-state index in [0.717, 1.165) is 35.5 Å². The van der Waals surface area contributed by atoms with Crippen LogP contribution in [0.2, 0.25) is 0 Å². The fraction of sp³-hybridized carbons (Fsp3) is 1.00. The Labute approximate surface area is 121 Å². The highest BCUT2D eigenvalue weighted by molar-refractivity contribution is 4.84. The molecule has 0 spiro atoms. The third kappa shape index (κ3) is 3.99. The quantitative estimate of drug-likeness (QED) is 0.559. The molecule has 0 amide bonds. The minimum atomic E-state index is 0.997. The van der Waals surface area contributed by atoms with Gasteiger partial charge in [0.15, 0.2) is 0 Å². The molecule has 0 N–H and O–H groups in total. The van der Waals surface area contributed by atoms with Crippen LogP contribution in [0.4, 0.5) is 0 Å². The lowest BCUT2D eigenvalue weighted by atomic mass is 9.65. The molecular weight excluding hydrogens is 228 g/mol. The van der Waals surface area contributed by atoms with Gasteiger partial charge in [-0.05, 0) is 54.8 Å². The van der Waals surface area contributed by atoms with Crippen molar-refractivity contribution < 1.29 is 0 Å². The zero-order valence-electron chi connectivity index (χ0n) is 13.8. The molecule has 2 aliphatic carbocycles. The third-order valence-electron chi connectivity index (χ3n) is 6.70. The molecule has 0 heteroatoms. The van der Waals surface area contributed by atoms with Crippen LogP contribution in [0.25, 0.3) is 0 Å². The van der Waals surface area contributed by atoms with E-state index >= 15 is 0 Å². The van der Waals surface area contributed by atoms with E-state index in [2.05, 4.69) is 27.7 Å². The van der Waals surface area contributed by atoms with E-state index in [1.54, 1.807) is 6.42 Å². The standard InChI is InChI=1S/C19H36/c1-5-16-9-7-14(3)18(11-16)13-19-12-17(6-2)10-8-15(19)4/h14-19H,5-13H2,1-4H3. The van der Waals surface area contributed by atoms with Crippen LogP contribution in [0.15, 0.2) is 0 Å². The number of rotatable bonds is 4. The second kappa shape index (κ2) is 7.14. The highest BCUT2D eigenvalue weighted by atomic mass is 14.4. The Balaban J connectivity index is 1.90. The maximum atomic E-state index is 2.53. The second-order valence-corrected chi connectivity index (χ2v) is 7.89. The van der Waals surface area contributed by atoms with E-state index in [4.69, 9.17) is 0 Å². The first-order chi connectivity index (χ1) is 9.13. The molecule has 2 saturated carbocycles. The highest BCUT2D eigenvalue weighted by Crippen LogP contribution is 2.44. The van der Waals surface area contributed by atoms with Crippen LogP contribution in [0.3, 0.4) is 0 Å². The van der Waals surface area contributed by atoms with Crippen LogP contribution in [0.5, 0.6) is 0 Å². The van der Waals surface area contributed by atoms with Crippen molar-refractivity contribution in [3.05, 3.63) is 0 Å². The van der Waals surface area contributed by atoms with Crippen molar-refractivity contribution in [3.8, 4) is 0 Å². The van der Waals surface area contributed by atoms with Crippen LogP contribution in [0, 0.1) is 35.5 Å². The molecular formula is C19H36. The van der Waals surface area contributed by atoms with E-state index in [-0.39, 0.29) is 0 Å². The Hall–Kier alpha value is 0. The van der Waals surface area contributed by atoms with E-state index in [0.29, 0.717) is 0 Å². The lowest BCUT2D eigenvalue weighted by molar-refractivity contribution is 0.105. The van der Waals surface area contributed by atoms with Gasteiger partial charge in [-0.3, -0.25) is 0 Å². The summed E-state index contributed by atoms with van der Waals surface area (Å²) in [5, 5.41) is 0. The molecule has 0 radical (unpaired) electrons. The van der Waals surface area contributed by atoms with Crippen LogP contribution in [-0.2, 0) is 0 Å². The van der Waals surface area contributed by atoms with Crippen molar-refractivity contribution in [2.24, 2.45) is 35.5 Å². The van der Waals surface area contributed by atoms with Crippen LogP contribution < -0.4 is 0 Å². The molecule has 0 saturated heterocycles. The largest absolute Gasteiger partial charge is 0.0651 e. The molecule has 6 unspecified atom stereocenters. The Morgan fingerprint density at radius 2 is 1.11 bits per heavy atom. The fourth-order valence-electron chi connectivity index (χ4n) is 4.81. The van der Waals surface area contributed by atoms with Crippen molar-refractivity contribution in [1.82, 2.24) is 0 Å². The summed E-state index contributed by atoms with van der Waals surface area (Å²) in [4.78, 5) is 0. The summed E-state index contributed by atoms with van der Waals surface area (Å²) < 4.78 is 0. The van der Waals surface area contributed by atoms with Crippen LogP contribution >= 0.6 is 0 Å². The van der Waals surface area contributed by atoms with E-state index < -0.39 is 0 Å². The summed E-state index contributed by atoms with van der Waals surface area (Å²) in [5.74, 6) is 6.17. The van der Waals surface area contributed by atoms with Gasteiger partial charge in [-0.1, -0.05) is 66.2 Å². The molecule has 0 nitrogen and oxygen atoms in total. The van der Waals surface area contributed by atoms with Gasteiger partial charge in [0.1, 0.15) is 0 Å². The summed E-state index contributed by atoms with van der Waals surface area (Å²) >= 11 is 0. The predicted octanol–water partition coefficient (Wildman–Crippen LogP) is 6.30. The Morgan fingerprint density at radius 3 is 1.47 bits per heavy atom. The first-order valence-electron chi connectivity index (χ1n) is 9.13. The zero-order valence-corrected chi connectivity index (χ0v) is 13.8. The third-order valence-corrected chi connectivity index (χ3v) is 6.70. The molecule has 19 heavy (non-hydrogen) atoms. The predicted molar refractivity (Wildman–Crippen MR) is 85.2 cm³/mol. The van der Waals surface area contributed by atoms with E-state index in [1.807, 2.05) is 0 Å². The van der Waals surface area contributed by atoms with Gasteiger partial charge in [0.2, 0.25) is 0 Å². The molecule has 0 bridgehead atoms. The van der Waals surface area contributed by atoms with Crippen molar-refractivity contribution in [2.45, 2.75) is 85.5 Å². The molecule has 6 atom stereocenters. The smallest absolute Gasteiger partial charge is 0.0383 e. The topological polar surface area (TPSA) is 0 Å². The Morgan fingerprint density at radius 1 is 0.684 bits per heavy atom. The minimum absolute atomic E-state index is 0.997. The van der Waals surface area contributed by atoms with Gasteiger partial charge in [0, 0.05) is 0 Å². The molecule has 0 aromatic rings. The summed E-state index contributed by atoms with van der Waals surface area (Å²) in [6.45, 7) is 9.85. The molecule has 0 aliphatic heterocycles. The molecule has 2 fully saturated rings. The fourth-order valence-corrected chi connectivity index (χ4v) is 4.81. The number of hydrogen-bond acceptors (Lipinski definition) is 0. The van der Waals surface area contributed by atoms with Gasteiger partial charge in [-0.15, -0.1) is 0 Å². The summed E-state index contributed by atoms with van der Waals surface area (Å²) in [6.07, 6.45) is 13.5. The first kappa shape index (κ1) is 15.4. The maximum Gasteiger partial charge on any atom is -0.0383 e. The van der Waals surface area contributed by atoms with Crippen molar-refractivity contribution in [1.29, 1.82) is 0 Å². The number of hydrogen-bond donors (Lipinski definition) is 0. The zero-order chi connectivity index (χ0) is 13.8. The first-order valence-corrected chi connectivity index (χ1v) is 9.13. The average molecular weight is 264 g/mol. The monoisotopic (exact) mass is 264 g/mol. The molecule has 0 aromatic carbocycles. The molecule has 0 heterocycles. The molecule has 112 valence electrons. The van der Waals surface area contributed by atoms with Crippen LogP contribution in [0.1, 0.15) is 85.5 Å². The molecule has 2 rings (SSSR count). The normalized spacial score (nSPS) is 44.2. The maximum absolute atomic E-state index is 2.53. The Bertz CT molecular complexity index is 231. The van der Waals surface area contributed by atoms with Gasteiger partial charge in [0.25, 0.3) is 0 Å². The van der Waals surface area contributed by atoms with Gasteiger partial charge >= 0.3 is 0 Å². The van der Waals surface area contributed by atoms with Gasteiger partial charge in [-0.2, -0.15) is 0 Å². The van der Waals surface area contributed by atoms with Crippen LogP contribution in [-0.4, -0.2) is 0 Å². The van der Waals surface area contributed by atoms with Gasteiger partial charge in [0.05, 0.1) is 0 Å². The van der Waals surface area contributed by atoms with Crippen molar-refractivity contribution in [3.63, 3.8) is 0 Å². The van der Waals surface area contributed by atoms with Crippen molar-refractivity contribution in [2.75, 3.05) is 0 Å². The lowest BCUT2D eigenvalue weighted by Gasteiger charge is -2.40. The van der Waals surface area contributed by atoms with E-state index in [9.17, 15) is 0 Å². The van der Waals surface area contributed by atoms with Gasteiger partial charge < -0.3 is 0 Å².